The number of anilines is 2. The molecule has 4 aliphatic rings. The first-order valence-corrected chi connectivity index (χ1v) is 11.4. The number of rotatable bonds is 5. The molecular formula is C24H26FN3O4. The van der Waals surface area contributed by atoms with E-state index in [1.165, 1.54) is 18.2 Å². The molecule has 2 N–H and O–H groups in total. The average molecular weight is 439 g/mol. The molecule has 1 saturated heterocycles. The first kappa shape index (κ1) is 20.8. The molecule has 4 unspecified atom stereocenters. The summed E-state index contributed by atoms with van der Waals surface area (Å²) in [5.74, 6) is -2.57. The summed E-state index contributed by atoms with van der Waals surface area (Å²) in [5, 5.41) is 5.25. The van der Waals surface area contributed by atoms with Gasteiger partial charge in [-0.25, -0.2) is 4.39 Å². The van der Waals surface area contributed by atoms with E-state index in [9.17, 15) is 23.6 Å². The standard InChI is InChI=1S/C24H26FN3O4/c25-17-9-8-16(11-18(17)27-22(30)13-4-2-1-3-5-13)26-19(29)12-28-23(31)20-14-6-7-15(10-14)21(20)24(28)32/h6-9,11,13-15,20-21H,1-5,10,12H2,(H,26,29)(H,27,30). The van der Waals surface area contributed by atoms with Gasteiger partial charge in [0.05, 0.1) is 17.5 Å². The summed E-state index contributed by atoms with van der Waals surface area (Å²) in [6.07, 6.45) is 9.51. The van der Waals surface area contributed by atoms with E-state index in [-0.39, 0.29) is 65.2 Å². The van der Waals surface area contributed by atoms with Crippen molar-refractivity contribution in [2.75, 3.05) is 17.2 Å². The molecule has 2 saturated carbocycles. The molecule has 1 heterocycles. The lowest BCUT2D eigenvalue weighted by Gasteiger charge is -2.21. The van der Waals surface area contributed by atoms with Gasteiger partial charge >= 0.3 is 0 Å². The van der Waals surface area contributed by atoms with Gasteiger partial charge in [-0.15, -0.1) is 0 Å². The fourth-order valence-corrected chi connectivity index (χ4v) is 5.76. The number of fused-ring (bicyclic) bond motifs is 5. The number of halogens is 1. The molecule has 1 aliphatic heterocycles. The third-order valence-electron chi connectivity index (χ3n) is 7.35. The van der Waals surface area contributed by atoms with Crippen molar-refractivity contribution in [3.63, 3.8) is 0 Å². The number of hydrogen-bond acceptors (Lipinski definition) is 4. The van der Waals surface area contributed by atoms with Gasteiger partial charge in [0, 0.05) is 11.6 Å². The number of amides is 4. The highest BCUT2D eigenvalue weighted by Gasteiger charge is 2.59. The van der Waals surface area contributed by atoms with E-state index in [1.807, 2.05) is 12.2 Å². The van der Waals surface area contributed by atoms with E-state index in [0.29, 0.717) is 0 Å². The fourth-order valence-electron chi connectivity index (χ4n) is 5.76. The van der Waals surface area contributed by atoms with Crippen LogP contribution in [0.15, 0.2) is 30.4 Å². The lowest BCUT2D eigenvalue weighted by atomic mass is 9.85. The Bertz CT molecular complexity index is 986. The van der Waals surface area contributed by atoms with Gasteiger partial charge in [-0.2, -0.15) is 0 Å². The molecule has 8 heteroatoms. The molecule has 4 amide bonds. The van der Waals surface area contributed by atoms with Crippen LogP contribution >= 0.6 is 0 Å². The fraction of sp³-hybridized carbons (Fsp3) is 0.500. The van der Waals surface area contributed by atoms with Crippen molar-refractivity contribution in [2.45, 2.75) is 38.5 Å². The SMILES string of the molecule is O=C(CN1C(=O)C2C3C=CC(C3)C2C1=O)Nc1ccc(F)c(NC(=O)C2CCCCC2)c1. The lowest BCUT2D eigenvalue weighted by molar-refractivity contribution is -0.143. The van der Waals surface area contributed by atoms with Gasteiger partial charge in [0.2, 0.25) is 23.6 Å². The molecule has 5 rings (SSSR count). The second-order valence-electron chi connectivity index (χ2n) is 9.33. The zero-order valence-electron chi connectivity index (χ0n) is 17.7. The molecule has 3 fully saturated rings. The number of nitrogens with one attached hydrogen (secondary N) is 2. The molecule has 168 valence electrons. The molecule has 0 aromatic heterocycles. The van der Waals surface area contributed by atoms with Crippen LogP contribution in [0.3, 0.4) is 0 Å². The minimum Gasteiger partial charge on any atom is -0.324 e. The predicted octanol–water partition coefficient (Wildman–Crippen LogP) is 3.09. The largest absolute Gasteiger partial charge is 0.324 e. The van der Waals surface area contributed by atoms with Crippen LogP contribution in [-0.4, -0.2) is 35.1 Å². The lowest BCUT2D eigenvalue weighted by Crippen LogP contribution is -2.39. The Hall–Kier alpha value is -3.03. The number of hydrogen-bond donors (Lipinski definition) is 2. The zero-order valence-corrected chi connectivity index (χ0v) is 17.7. The Morgan fingerprint density at radius 2 is 1.62 bits per heavy atom. The first-order chi connectivity index (χ1) is 15.4. The van der Waals surface area contributed by atoms with Crippen molar-refractivity contribution in [1.29, 1.82) is 0 Å². The minimum absolute atomic E-state index is 0.00359. The van der Waals surface area contributed by atoms with E-state index < -0.39 is 11.7 Å². The van der Waals surface area contributed by atoms with Crippen molar-refractivity contribution in [2.24, 2.45) is 29.6 Å². The highest BCUT2D eigenvalue weighted by atomic mass is 19.1. The van der Waals surface area contributed by atoms with Crippen LogP contribution < -0.4 is 10.6 Å². The van der Waals surface area contributed by atoms with Crippen molar-refractivity contribution < 1.29 is 23.6 Å². The molecule has 32 heavy (non-hydrogen) atoms. The predicted molar refractivity (Wildman–Crippen MR) is 115 cm³/mol. The molecule has 4 atom stereocenters. The Balaban J connectivity index is 1.22. The zero-order chi connectivity index (χ0) is 22.4. The van der Waals surface area contributed by atoms with Crippen LogP contribution in [0.25, 0.3) is 0 Å². The summed E-state index contributed by atoms with van der Waals surface area (Å²) < 4.78 is 14.2. The molecule has 0 spiro atoms. The van der Waals surface area contributed by atoms with Crippen molar-refractivity contribution in [3.05, 3.63) is 36.2 Å². The molecule has 7 nitrogen and oxygen atoms in total. The van der Waals surface area contributed by atoms with Crippen molar-refractivity contribution in [3.8, 4) is 0 Å². The van der Waals surface area contributed by atoms with Gasteiger partial charge in [0.25, 0.3) is 0 Å². The number of nitrogens with zero attached hydrogens (tertiary/aromatic N) is 1. The molecule has 1 aromatic carbocycles. The second-order valence-corrected chi connectivity index (χ2v) is 9.33. The van der Waals surface area contributed by atoms with E-state index in [1.54, 1.807) is 0 Å². The number of carbonyl (C=O) groups excluding carboxylic acids is 4. The van der Waals surface area contributed by atoms with E-state index in [0.717, 1.165) is 43.4 Å². The number of allylic oxidation sites excluding steroid dienone is 2. The topological polar surface area (TPSA) is 95.6 Å². The Morgan fingerprint density at radius 3 is 2.28 bits per heavy atom. The van der Waals surface area contributed by atoms with Gasteiger partial charge in [-0.1, -0.05) is 31.4 Å². The summed E-state index contributed by atoms with van der Waals surface area (Å²) in [6.45, 7) is -0.370. The summed E-state index contributed by atoms with van der Waals surface area (Å²) >= 11 is 0. The van der Waals surface area contributed by atoms with Crippen LogP contribution in [0.4, 0.5) is 15.8 Å². The van der Waals surface area contributed by atoms with Crippen LogP contribution in [0.2, 0.25) is 0 Å². The smallest absolute Gasteiger partial charge is 0.244 e. The van der Waals surface area contributed by atoms with Crippen LogP contribution in [-0.2, 0) is 19.2 Å². The van der Waals surface area contributed by atoms with E-state index in [4.69, 9.17) is 0 Å². The third-order valence-corrected chi connectivity index (χ3v) is 7.35. The van der Waals surface area contributed by atoms with Crippen LogP contribution in [0, 0.1) is 35.4 Å². The van der Waals surface area contributed by atoms with Crippen LogP contribution in [0.5, 0.6) is 0 Å². The maximum atomic E-state index is 14.2. The molecule has 3 aliphatic carbocycles. The molecule has 1 aromatic rings. The number of likely N-dealkylation sites (tertiary alicyclic amines) is 1. The monoisotopic (exact) mass is 439 g/mol. The van der Waals surface area contributed by atoms with Crippen LogP contribution in [0.1, 0.15) is 38.5 Å². The highest BCUT2D eigenvalue weighted by molar-refractivity contribution is 6.09. The maximum Gasteiger partial charge on any atom is 0.244 e. The highest BCUT2D eigenvalue weighted by Crippen LogP contribution is 2.52. The summed E-state index contributed by atoms with van der Waals surface area (Å²) in [5.41, 5.74) is 0.292. The van der Waals surface area contributed by atoms with Gasteiger partial charge in [0.15, 0.2) is 0 Å². The summed E-state index contributed by atoms with van der Waals surface area (Å²) in [4.78, 5) is 51.6. The number of imide groups is 1. The number of carbonyl (C=O) groups is 4. The Labute approximate surface area is 185 Å². The van der Waals surface area contributed by atoms with Crippen molar-refractivity contribution in [1.82, 2.24) is 4.90 Å². The first-order valence-electron chi connectivity index (χ1n) is 11.4. The normalized spacial score (nSPS) is 28.8. The second kappa shape index (κ2) is 8.15. The van der Waals surface area contributed by atoms with E-state index >= 15 is 0 Å². The van der Waals surface area contributed by atoms with Crippen molar-refractivity contribution >= 4 is 35.0 Å². The maximum absolute atomic E-state index is 14.2. The van der Waals surface area contributed by atoms with Gasteiger partial charge < -0.3 is 10.6 Å². The molecule has 2 bridgehead atoms. The van der Waals surface area contributed by atoms with Gasteiger partial charge in [0.1, 0.15) is 12.4 Å². The third kappa shape index (κ3) is 3.61. The minimum atomic E-state index is -0.590. The Morgan fingerprint density at radius 1 is 0.969 bits per heavy atom. The number of benzene rings is 1. The molecular weight excluding hydrogens is 413 g/mol. The summed E-state index contributed by atoms with van der Waals surface area (Å²) in [6, 6.07) is 3.92. The molecule has 0 radical (unpaired) electrons. The van der Waals surface area contributed by atoms with Gasteiger partial charge in [-0.05, 0) is 49.3 Å². The van der Waals surface area contributed by atoms with Gasteiger partial charge in [-0.3, -0.25) is 24.1 Å². The van der Waals surface area contributed by atoms with E-state index in [2.05, 4.69) is 10.6 Å². The summed E-state index contributed by atoms with van der Waals surface area (Å²) in [7, 11) is 0. The quantitative estimate of drug-likeness (QED) is 0.544. The Kier molecular flexibility index (Phi) is 5.31. The average Bonchev–Trinajstić information content (AvgIpc) is 3.47.